The van der Waals surface area contributed by atoms with Crippen LogP contribution in [0.3, 0.4) is 0 Å². The SMILES string of the molecule is CCc1cnccc1C(=O)NS(=O)(=O)Cc1c(F)cccc1F. The van der Waals surface area contributed by atoms with Crippen molar-refractivity contribution in [2.75, 3.05) is 0 Å². The van der Waals surface area contributed by atoms with Crippen LogP contribution in [-0.4, -0.2) is 19.3 Å². The van der Waals surface area contributed by atoms with Crippen molar-refractivity contribution in [3.8, 4) is 0 Å². The number of pyridine rings is 1. The summed E-state index contributed by atoms with van der Waals surface area (Å²) in [6, 6.07) is 4.42. The Balaban J connectivity index is 2.23. The van der Waals surface area contributed by atoms with Crippen molar-refractivity contribution in [3.05, 3.63) is 65.0 Å². The molecule has 8 heteroatoms. The van der Waals surface area contributed by atoms with Gasteiger partial charge >= 0.3 is 0 Å². The molecule has 0 aliphatic carbocycles. The molecule has 0 aliphatic heterocycles. The molecule has 0 spiro atoms. The number of nitrogens with one attached hydrogen (secondary N) is 1. The van der Waals surface area contributed by atoms with E-state index in [1.54, 1.807) is 6.92 Å². The zero-order valence-electron chi connectivity index (χ0n) is 12.2. The first-order chi connectivity index (χ1) is 10.8. The molecule has 0 saturated heterocycles. The molecule has 2 rings (SSSR count). The predicted molar refractivity (Wildman–Crippen MR) is 80.1 cm³/mol. The summed E-state index contributed by atoms with van der Waals surface area (Å²) in [5, 5.41) is 0. The lowest BCUT2D eigenvalue weighted by molar-refractivity contribution is 0.0980. The highest BCUT2D eigenvalue weighted by atomic mass is 32.2. The van der Waals surface area contributed by atoms with Crippen molar-refractivity contribution in [1.29, 1.82) is 0 Å². The third-order valence-corrected chi connectivity index (χ3v) is 4.34. The molecule has 1 aromatic carbocycles. The topological polar surface area (TPSA) is 76.1 Å². The number of hydrogen-bond acceptors (Lipinski definition) is 4. The van der Waals surface area contributed by atoms with E-state index in [1.165, 1.54) is 18.5 Å². The summed E-state index contributed by atoms with van der Waals surface area (Å²) in [4.78, 5) is 16.0. The molecule has 2 aromatic rings. The third kappa shape index (κ3) is 4.10. The van der Waals surface area contributed by atoms with Gasteiger partial charge in [0, 0.05) is 23.5 Å². The van der Waals surface area contributed by atoms with Gasteiger partial charge in [0.25, 0.3) is 5.91 Å². The number of benzene rings is 1. The van der Waals surface area contributed by atoms with Crippen molar-refractivity contribution in [1.82, 2.24) is 9.71 Å². The largest absolute Gasteiger partial charge is 0.268 e. The number of rotatable bonds is 5. The number of carbonyl (C=O) groups excluding carboxylic acids is 1. The summed E-state index contributed by atoms with van der Waals surface area (Å²) in [5.74, 6) is -3.80. The Morgan fingerprint density at radius 2 is 1.87 bits per heavy atom. The molecular formula is C15H14F2N2O3S. The summed E-state index contributed by atoms with van der Waals surface area (Å²) in [7, 11) is -4.25. The van der Waals surface area contributed by atoms with Crippen molar-refractivity contribution < 1.29 is 22.0 Å². The van der Waals surface area contributed by atoms with Crippen LogP contribution in [0.15, 0.2) is 36.7 Å². The van der Waals surface area contributed by atoms with Gasteiger partial charge in [0.05, 0.1) is 0 Å². The second kappa shape index (κ2) is 6.82. The van der Waals surface area contributed by atoms with Crippen LogP contribution in [0.5, 0.6) is 0 Å². The van der Waals surface area contributed by atoms with E-state index >= 15 is 0 Å². The van der Waals surface area contributed by atoms with Crippen molar-refractivity contribution >= 4 is 15.9 Å². The lowest BCUT2D eigenvalue weighted by Crippen LogP contribution is -2.32. The van der Waals surface area contributed by atoms with Crippen molar-refractivity contribution in [2.45, 2.75) is 19.1 Å². The maximum Gasteiger partial charge on any atom is 0.265 e. The van der Waals surface area contributed by atoms with Gasteiger partial charge in [0.2, 0.25) is 10.0 Å². The number of aromatic nitrogens is 1. The molecule has 0 fully saturated rings. The molecule has 0 aliphatic rings. The van der Waals surface area contributed by atoms with Crippen LogP contribution in [0.4, 0.5) is 8.78 Å². The minimum Gasteiger partial charge on any atom is -0.268 e. The highest BCUT2D eigenvalue weighted by Gasteiger charge is 2.22. The average Bonchev–Trinajstić information content (AvgIpc) is 2.50. The maximum atomic E-state index is 13.5. The van der Waals surface area contributed by atoms with Crippen LogP contribution >= 0.6 is 0 Å². The number of carbonyl (C=O) groups is 1. The Kier molecular flexibility index (Phi) is 5.05. The molecule has 0 atom stereocenters. The second-order valence-electron chi connectivity index (χ2n) is 4.78. The van der Waals surface area contributed by atoms with Crippen LogP contribution in [0.1, 0.15) is 28.4 Å². The van der Waals surface area contributed by atoms with Gasteiger partial charge in [-0.15, -0.1) is 0 Å². The van der Waals surface area contributed by atoms with Crippen molar-refractivity contribution in [3.63, 3.8) is 0 Å². The minimum absolute atomic E-state index is 0.153. The van der Waals surface area contributed by atoms with Gasteiger partial charge in [-0.3, -0.25) is 9.78 Å². The molecule has 23 heavy (non-hydrogen) atoms. The number of halogens is 2. The predicted octanol–water partition coefficient (Wildman–Crippen LogP) is 2.18. The van der Waals surface area contributed by atoms with E-state index in [4.69, 9.17) is 0 Å². The first-order valence-electron chi connectivity index (χ1n) is 6.74. The van der Waals surface area contributed by atoms with Gasteiger partial charge in [-0.1, -0.05) is 13.0 Å². The molecule has 1 N–H and O–H groups in total. The summed E-state index contributed by atoms with van der Waals surface area (Å²) in [6.07, 6.45) is 3.30. The van der Waals surface area contributed by atoms with Crippen molar-refractivity contribution in [2.24, 2.45) is 0 Å². The van der Waals surface area contributed by atoms with E-state index in [1.807, 2.05) is 4.72 Å². The fourth-order valence-electron chi connectivity index (χ4n) is 2.02. The van der Waals surface area contributed by atoms with Gasteiger partial charge in [0.1, 0.15) is 17.4 Å². The van der Waals surface area contributed by atoms with Gasteiger partial charge in [-0.25, -0.2) is 21.9 Å². The Labute approximate surface area is 132 Å². The smallest absolute Gasteiger partial charge is 0.265 e. The number of hydrogen-bond donors (Lipinski definition) is 1. The zero-order valence-corrected chi connectivity index (χ0v) is 13.0. The fraction of sp³-hybridized carbons (Fsp3) is 0.200. The molecule has 0 bridgehead atoms. The monoisotopic (exact) mass is 340 g/mol. The first-order valence-corrected chi connectivity index (χ1v) is 8.40. The molecule has 0 saturated carbocycles. The van der Waals surface area contributed by atoms with E-state index in [2.05, 4.69) is 4.98 Å². The van der Waals surface area contributed by atoms with E-state index in [9.17, 15) is 22.0 Å². The van der Waals surface area contributed by atoms with Gasteiger partial charge in [-0.2, -0.15) is 0 Å². The normalized spacial score (nSPS) is 11.3. The lowest BCUT2D eigenvalue weighted by Gasteiger charge is -2.10. The van der Waals surface area contributed by atoms with Gasteiger partial charge in [0.15, 0.2) is 0 Å². The Morgan fingerprint density at radius 1 is 1.22 bits per heavy atom. The van der Waals surface area contributed by atoms with E-state index in [0.717, 1.165) is 18.2 Å². The summed E-state index contributed by atoms with van der Waals surface area (Å²) >= 11 is 0. The van der Waals surface area contributed by atoms with Crippen LogP contribution in [0.25, 0.3) is 0 Å². The number of sulfonamides is 1. The molecule has 0 radical (unpaired) electrons. The highest BCUT2D eigenvalue weighted by Crippen LogP contribution is 2.15. The summed E-state index contributed by atoms with van der Waals surface area (Å²) in [6.45, 7) is 1.79. The Hall–Kier alpha value is -2.35. The maximum absolute atomic E-state index is 13.5. The average molecular weight is 340 g/mol. The van der Waals surface area contributed by atoms with Gasteiger partial charge in [-0.05, 0) is 30.2 Å². The molecule has 1 aromatic heterocycles. The van der Waals surface area contributed by atoms with Crippen LogP contribution in [0.2, 0.25) is 0 Å². The summed E-state index contributed by atoms with van der Waals surface area (Å²) < 4.78 is 52.9. The highest BCUT2D eigenvalue weighted by molar-refractivity contribution is 7.89. The first kappa shape index (κ1) is 17.0. The van der Waals surface area contributed by atoms with Crippen LogP contribution in [-0.2, 0) is 22.2 Å². The third-order valence-electron chi connectivity index (χ3n) is 3.17. The number of amides is 1. The van der Waals surface area contributed by atoms with Crippen LogP contribution in [0, 0.1) is 11.6 Å². The molecule has 122 valence electrons. The number of nitrogens with zero attached hydrogens (tertiary/aromatic N) is 1. The number of aryl methyl sites for hydroxylation is 1. The standard InChI is InChI=1S/C15H14F2N2O3S/c1-2-10-8-18-7-6-11(10)15(20)19-23(21,22)9-12-13(16)4-3-5-14(12)17/h3-8H,2,9H2,1H3,(H,19,20). The summed E-state index contributed by atoms with van der Waals surface area (Å²) in [5.41, 5.74) is 0.107. The van der Waals surface area contributed by atoms with Gasteiger partial charge < -0.3 is 0 Å². The van der Waals surface area contributed by atoms with E-state index < -0.39 is 38.9 Å². The van der Waals surface area contributed by atoms with Crippen LogP contribution < -0.4 is 4.72 Å². The minimum atomic E-state index is -4.25. The molecule has 1 heterocycles. The Bertz CT molecular complexity index is 818. The quantitative estimate of drug-likeness (QED) is 0.905. The molecular weight excluding hydrogens is 326 g/mol. The van der Waals surface area contributed by atoms with E-state index in [-0.39, 0.29) is 5.56 Å². The molecule has 1 amide bonds. The molecule has 5 nitrogen and oxygen atoms in total. The second-order valence-corrected chi connectivity index (χ2v) is 6.50. The Morgan fingerprint density at radius 3 is 2.48 bits per heavy atom. The zero-order chi connectivity index (χ0) is 17.0. The lowest BCUT2D eigenvalue weighted by atomic mass is 10.1. The fourth-order valence-corrected chi connectivity index (χ4v) is 3.14. The van der Waals surface area contributed by atoms with E-state index in [0.29, 0.717) is 12.0 Å². The molecule has 0 unspecified atom stereocenters.